The molecule has 0 amide bonds. The van der Waals surface area contributed by atoms with Crippen molar-refractivity contribution in [1.82, 2.24) is 4.98 Å². The highest BCUT2D eigenvalue weighted by Gasteiger charge is 2.06. The predicted molar refractivity (Wildman–Crippen MR) is 80.4 cm³/mol. The van der Waals surface area contributed by atoms with Gasteiger partial charge in [-0.2, -0.15) is 0 Å². The summed E-state index contributed by atoms with van der Waals surface area (Å²) in [5, 5.41) is 3.28. The second-order valence-electron chi connectivity index (χ2n) is 3.95. The Labute approximate surface area is 117 Å². The van der Waals surface area contributed by atoms with E-state index in [1.807, 2.05) is 24.3 Å². The summed E-state index contributed by atoms with van der Waals surface area (Å²) in [6.07, 6.45) is 3.38. The summed E-state index contributed by atoms with van der Waals surface area (Å²) in [5.74, 6) is 0.843. The van der Waals surface area contributed by atoms with Gasteiger partial charge in [-0.3, -0.25) is 4.98 Å². The molecule has 4 nitrogen and oxygen atoms in total. The van der Waals surface area contributed by atoms with Gasteiger partial charge >= 0.3 is 0 Å². The molecule has 0 spiro atoms. The molecule has 0 saturated heterocycles. The maximum Gasteiger partial charge on any atom is 0.123 e. The molecule has 2 aromatic rings. The summed E-state index contributed by atoms with van der Waals surface area (Å²) in [7, 11) is 1.66. The van der Waals surface area contributed by atoms with Gasteiger partial charge in [0.1, 0.15) is 10.7 Å². The van der Waals surface area contributed by atoms with Gasteiger partial charge in [0.15, 0.2) is 0 Å². The number of nitrogens with two attached hydrogens (primary N) is 1. The van der Waals surface area contributed by atoms with Crippen molar-refractivity contribution in [2.24, 2.45) is 5.73 Å². The number of nitrogens with one attached hydrogen (secondary N) is 1. The smallest absolute Gasteiger partial charge is 0.123 e. The second kappa shape index (κ2) is 6.15. The molecule has 0 atom stereocenters. The molecule has 0 aliphatic rings. The van der Waals surface area contributed by atoms with Crippen LogP contribution in [0.15, 0.2) is 42.7 Å². The fourth-order valence-corrected chi connectivity index (χ4v) is 1.97. The van der Waals surface area contributed by atoms with Gasteiger partial charge in [0, 0.05) is 23.9 Å². The Balaban J connectivity index is 2.17. The molecule has 0 fully saturated rings. The van der Waals surface area contributed by atoms with Gasteiger partial charge in [0.25, 0.3) is 0 Å². The van der Waals surface area contributed by atoms with Gasteiger partial charge in [-0.25, -0.2) is 0 Å². The number of hydrogen-bond donors (Lipinski definition) is 2. The number of ether oxygens (including phenoxy) is 1. The summed E-state index contributed by atoms with van der Waals surface area (Å²) >= 11 is 5.01. The molecule has 19 heavy (non-hydrogen) atoms. The third-order valence-electron chi connectivity index (χ3n) is 2.75. The number of pyridine rings is 1. The van der Waals surface area contributed by atoms with Crippen LogP contribution in [0.25, 0.3) is 0 Å². The lowest BCUT2D eigenvalue weighted by atomic mass is 10.2. The van der Waals surface area contributed by atoms with Gasteiger partial charge < -0.3 is 15.8 Å². The molecule has 0 radical (unpaired) electrons. The van der Waals surface area contributed by atoms with E-state index >= 15 is 0 Å². The van der Waals surface area contributed by atoms with Crippen LogP contribution in [0.2, 0.25) is 0 Å². The van der Waals surface area contributed by atoms with Gasteiger partial charge in [-0.1, -0.05) is 30.4 Å². The number of methoxy groups -OCH3 is 1. The van der Waals surface area contributed by atoms with Crippen LogP contribution >= 0.6 is 12.2 Å². The lowest BCUT2D eigenvalue weighted by Gasteiger charge is -2.12. The van der Waals surface area contributed by atoms with E-state index in [-0.39, 0.29) is 0 Å². The summed E-state index contributed by atoms with van der Waals surface area (Å²) < 4.78 is 5.31. The van der Waals surface area contributed by atoms with Crippen molar-refractivity contribution < 1.29 is 4.74 Å². The van der Waals surface area contributed by atoms with E-state index in [0.29, 0.717) is 11.5 Å². The standard InChI is InChI=1S/C14H15N3OS/c1-18-13-5-3-2-4-10(13)8-17-12-9-16-7-6-11(12)14(15)19/h2-7,9,17H,8H2,1H3,(H2,15,19). The van der Waals surface area contributed by atoms with E-state index in [9.17, 15) is 0 Å². The van der Waals surface area contributed by atoms with Gasteiger partial charge in [0.05, 0.1) is 19.0 Å². The monoisotopic (exact) mass is 273 g/mol. The molecule has 0 unspecified atom stereocenters. The first-order valence-electron chi connectivity index (χ1n) is 5.82. The Kier molecular flexibility index (Phi) is 4.30. The van der Waals surface area contributed by atoms with Crippen molar-refractivity contribution >= 4 is 22.9 Å². The Bertz CT molecular complexity index is 586. The number of thiocarbonyl (C=S) groups is 1. The molecular formula is C14H15N3OS. The molecule has 0 bridgehead atoms. The molecule has 1 aromatic carbocycles. The number of hydrogen-bond acceptors (Lipinski definition) is 4. The molecule has 1 aromatic heterocycles. The van der Waals surface area contributed by atoms with Crippen LogP contribution in [0, 0.1) is 0 Å². The van der Waals surface area contributed by atoms with Crippen LogP contribution in [0.1, 0.15) is 11.1 Å². The van der Waals surface area contributed by atoms with Crippen LogP contribution < -0.4 is 15.8 Å². The van der Waals surface area contributed by atoms with Crippen LogP contribution in [0.4, 0.5) is 5.69 Å². The summed E-state index contributed by atoms with van der Waals surface area (Å²) in [5.41, 5.74) is 8.35. The Hall–Kier alpha value is -2.14. The fraction of sp³-hybridized carbons (Fsp3) is 0.143. The van der Waals surface area contributed by atoms with E-state index in [1.165, 1.54) is 0 Å². The van der Waals surface area contributed by atoms with Gasteiger partial charge in [-0.05, 0) is 12.1 Å². The highest BCUT2D eigenvalue weighted by molar-refractivity contribution is 7.80. The molecule has 0 aliphatic carbocycles. The first kappa shape index (κ1) is 13.3. The van der Waals surface area contributed by atoms with Crippen molar-refractivity contribution in [1.29, 1.82) is 0 Å². The van der Waals surface area contributed by atoms with E-state index in [4.69, 9.17) is 22.7 Å². The number of nitrogens with zero attached hydrogens (tertiary/aromatic N) is 1. The summed E-state index contributed by atoms with van der Waals surface area (Å²) in [6.45, 7) is 0.616. The van der Waals surface area contributed by atoms with Crippen molar-refractivity contribution in [3.8, 4) is 5.75 Å². The van der Waals surface area contributed by atoms with E-state index in [0.717, 1.165) is 22.6 Å². The summed E-state index contributed by atoms with van der Waals surface area (Å²) in [4.78, 5) is 4.43. The molecule has 5 heteroatoms. The highest BCUT2D eigenvalue weighted by atomic mass is 32.1. The number of para-hydroxylation sites is 1. The number of aromatic nitrogens is 1. The van der Waals surface area contributed by atoms with E-state index in [2.05, 4.69) is 10.3 Å². The minimum Gasteiger partial charge on any atom is -0.496 e. The third kappa shape index (κ3) is 3.20. The van der Waals surface area contributed by atoms with Crippen LogP contribution in [0.3, 0.4) is 0 Å². The van der Waals surface area contributed by atoms with Crippen molar-refractivity contribution in [3.63, 3.8) is 0 Å². The maximum atomic E-state index is 5.68. The molecule has 3 N–H and O–H groups in total. The topological polar surface area (TPSA) is 60.2 Å². The van der Waals surface area contributed by atoms with E-state index in [1.54, 1.807) is 25.6 Å². The largest absolute Gasteiger partial charge is 0.496 e. The van der Waals surface area contributed by atoms with E-state index < -0.39 is 0 Å². The normalized spacial score (nSPS) is 9.95. The van der Waals surface area contributed by atoms with Crippen LogP contribution in [0.5, 0.6) is 5.75 Å². The minimum absolute atomic E-state index is 0.352. The zero-order valence-electron chi connectivity index (χ0n) is 10.6. The number of rotatable bonds is 5. The molecule has 0 aliphatic heterocycles. The lowest BCUT2D eigenvalue weighted by Crippen LogP contribution is -2.13. The third-order valence-corrected chi connectivity index (χ3v) is 2.97. The molecule has 0 saturated carbocycles. The molecule has 98 valence electrons. The van der Waals surface area contributed by atoms with Crippen molar-refractivity contribution in [3.05, 3.63) is 53.9 Å². The number of benzene rings is 1. The Morgan fingerprint density at radius 1 is 1.37 bits per heavy atom. The maximum absolute atomic E-state index is 5.68. The quantitative estimate of drug-likeness (QED) is 0.819. The second-order valence-corrected chi connectivity index (χ2v) is 4.39. The zero-order chi connectivity index (χ0) is 13.7. The summed E-state index contributed by atoms with van der Waals surface area (Å²) in [6, 6.07) is 9.63. The number of anilines is 1. The van der Waals surface area contributed by atoms with Crippen molar-refractivity contribution in [2.45, 2.75) is 6.54 Å². The SMILES string of the molecule is COc1ccccc1CNc1cnccc1C(N)=S. The van der Waals surface area contributed by atoms with Crippen LogP contribution in [-0.4, -0.2) is 17.1 Å². The van der Waals surface area contributed by atoms with Gasteiger partial charge in [0.2, 0.25) is 0 Å². The lowest BCUT2D eigenvalue weighted by molar-refractivity contribution is 0.410. The first-order valence-corrected chi connectivity index (χ1v) is 6.22. The van der Waals surface area contributed by atoms with Crippen LogP contribution in [-0.2, 0) is 6.54 Å². The molecule has 2 rings (SSSR count). The Morgan fingerprint density at radius 3 is 2.89 bits per heavy atom. The zero-order valence-corrected chi connectivity index (χ0v) is 11.4. The minimum atomic E-state index is 0.352. The van der Waals surface area contributed by atoms with Crippen molar-refractivity contribution in [2.75, 3.05) is 12.4 Å². The van der Waals surface area contributed by atoms with Gasteiger partial charge in [-0.15, -0.1) is 0 Å². The molecule has 1 heterocycles. The first-order chi connectivity index (χ1) is 9.22. The molecular weight excluding hydrogens is 258 g/mol. The highest BCUT2D eigenvalue weighted by Crippen LogP contribution is 2.20. The average molecular weight is 273 g/mol. The predicted octanol–water partition coefficient (Wildman–Crippen LogP) is 2.34. The average Bonchev–Trinajstić information content (AvgIpc) is 2.45. The Morgan fingerprint density at radius 2 is 2.16 bits per heavy atom. The fourth-order valence-electron chi connectivity index (χ4n) is 1.79.